The summed E-state index contributed by atoms with van der Waals surface area (Å²) in [4.78, 5) is 50.2. The van der Waals surface area contributed by atoms with Crippen molar-refractivity contribution in [3.8, 4) is 11.5 Å². The van der Waals surface area contributed by atoms with Crippen molar-refractivity contribution in [1.29, 1.82) is 0 Å². The van der Waals surface area contributed by atoms with Crippen LogP contribution in [0.15, 0.2) is 92.5 Å². The molecular weight excluding hydrogens is 851 g/mol. The van der Waals surface area contributed by atoms with Gasteiger partial charge in [-0.25, -0.2) is 28.7 Å². The van der Waals surface area contributed by atoms with Gasteiger partial charge in [0.15, 0.2) is 34.0 Å². The van der Waals surface area contributed by atoms with Gasteiger partial charge >= 0.3 is 0 Å². The molecule has 328 valence electrons. The Kier molecular flexibility index (Phi) is 11.9. The summed E-state index contributed by atoms with van der Waals surface area (Å²) in [5.41, 5.74) is 1.13. The number of phenolic OH excluding ortho intramolecular Hbond substituents is 1. The van der Waals surface area contributed by atoms with E-state index in [1.165, 1.54) is 58.4 Å². The minimum atomic E-state index is -3.46. The van der Waals surface area contributed by atoms with E-state index in [0.717, 1.165) is 25.2 Å². The van der Waals surface area contributed by atoms with E-state index in [-0.39, 0.29) is 65.7 Å². The molecule has 1 N–H and O–H groups in total. The Morgan fingerprint density at radius 3 is 1.65 bits per heavy atom. The number of halogens is 2. The van der Waals surface area contributed by atoms with E-state index in [1.54, 1.807) is 41.7 Å². The van der Waals surface area contributed by atoms with Gasteiger partial charge in [0.25, 0.3) is 21.2 Å². The third-order valence-electron chi connectivity index (χ3n) is 10.1. The minimum Gasteiger partial charge on any atom is -0.508 e. The number of nitrogens with zero attached hydrogens (tertiary/aromatic N) is 12. The molecule has 0 unspecified atom stereocenters. The number of rotatable bonds is 10. The van der Waals surface area contributed by atoms with Crippen LogP contribution in [0.5, 0.6) is 11.5 Å². The van der Waals surface area contributed by atoms with Crippen molar-refractivity contribution in [2.75, 3.05) is 6.26 Å². The molecule has 24 heteroatoms. The van der Waals surface area contributed by atoms with Crippen molar-refractivity contribution in [3.63, 3.8) is 0 Å². The predicted molar refractivity (Wildman–Crippen MR) is 215 cm³/mol. The van der Waals surface area contributed by atoms with Crippen LogP contribution in [0.4, 0.5) is 8.78 Å². The highest BCUT2D eigenvalue weighted by molar-refractivity contribution is 7.86. The van der Waals surface area contributed by atoms with E-state index in [4.69, 9.17) is 23.1 Å². The fourth-order valence-corrected chi connectivity index (χ4v) is 7.49. The maximum Gasteiger partial charge on any atom is 0.280 e. The van der Waals surface area contributed by atoms with Gasteiger partial charge in [-0.2, -0.15) is 18.4 Å². The number of imidazole rings is 2. The van der Waals surface area contributed by atoms with E-state index in [0.29, 0.717) is 58.5 Å². The zero-order valence-electron chi connectivity index (χ0n) is 33.7. The lowest BCUT2D eigenvalue weighted by molar-refractivity contribution is 0.0939. The quantitative estimate of drug-likeness (QED) is 0.193. The molecule has 0 amide bonds. The van der Waals surface area contributed by atoms with Crippen LogP contribution in [0.1, 0.15) is 60.9 Å². The van der Waals surface area contributed by atoms with Crippen LogP contribution in [-0.4, -0.2) is 90.5 Å². The summed E-state index contributed by atoms with van der Waals surface area (Å²) in [6, 6.07) is 11.3. The summed E-state index contributed by atoms with van der Waals surface area (Å²) < 4.78 is 74.7. The Balaban J connectivity index is 0.000000148. The van der Waals surface area contributed by atoms with Gasteiger partial charge in [0.05, 0.1) is 25.0 Å². The van der Waals surface area contributed by atoms with Gasteiger partial charge in [0, 0.05) is 38.1 Å². The Morgan fingerprint density at radius 2 is 1.19 bits per heavy atom. The van der Waals surface area contributed by atoms with Crippen molar-refractivity contribution in [2.45, 2.75) is 62.8 Å². The molecule has 8 aromatic rings. The number of phenols is 1. The molecule has 0 atom stereocenters. The number of fused-ring (bicyclic) bond motifs is 2. The molecule has 0 spiro atoms. The minimum absolute atomic E-state index is 0.0113. The standard InChI is InChI=1S/C19H17FN6O3.C14H16N6O5S.C6H5FO/c1-25-9-21-18-16(25)19(27)26(10-22-18)8-15-23-17(24-29-15)11-5-14(6-11)28-13-4-2-3-12(20)7-13;1-19-6-15-13-11(19)14(21)20(7-16-13)5-10-17-12(18-24-10)8-3-9(4-8)25-26(2,22)23;7-5-2-1-3-6(8)4-5/h2-4,7,9-11,14H,5-6,8H2,1H3;6-9H,3-5H2,1-2H3;1-4,8H. The predicted octanol–water partition coefficient (Wildman–Crippen LogP) is 3.34. The molecule has 0 bridgehead atoms. The number of benzene rings is 2. The Bertz CT molecular complexity index is 3110. The van der Waals surface area contributed by atoms with Crippen LogP contribution in [0, 0.1) is 11.6 Å². The number of hydrogen-bond acceptors (Lipinski definition) is 17. The molecule has 2 saturated carbocycles. The van der Waals surface area contributed by atoms with E-state index in [2.05, 4.69) is 40.2 Å². The van der Waals surface area contributed by atoms with Crippen LogP contribution >= 0.6 is 0 Å². The first-order valence-electron chi connectivity index (χ1n) is 19.3. The first kappa shape index (κ1) is 42.5. The van der Waals surface area contributed by atoms with Gasteiger partial charge in [0.2, 0.25) is 11.8 Å². The lowest BCUT2D eigenvalue weighted by atomic mass is 9.82. The second-order valence-corrected chi connectivity index (χ2v) is 16.5. The highest BCUT2D eigenvalue weighted by atomic mass is 32.2. The number of aromatic hydroxyl groups is 1. The zero-order valence-corrected chi connectivity index (χ0v) is 34.5. The highest BCUT2D eigenvalue weighted by Gasteiger charge is 2.37. The maximum absolute atomic E-state index is 13.2. The van der Waals surface area contributed by atoms with Gasteiger partial charge in [-0.15, -0.1) is 0 Å². The van der Waals surface area contributed by atoms with Crippen molar-refractivity contribution in [3.05, 3.63) is 130 Å². The topological polar surface area (TPSA) is 256 Å². The average Bonchev–Trinajstić information content (AvgIpc) is 4.02. The molecule has 63 heavy (non-hydrogen) atoms. The van der Waals surface area contributed by atoms with E-state index < -0.39 is 15.9 Å². The molecule has 6 heterocycles. The summed E-state index contributed by atoms with van der Waals surface area (Å²) in [7, 11) is 0.000762. The third kappa shape index (κ3) is 9.96. The second-order valence-electron chi connectivity index (χ2n) is 14.9. The van der Waals surface area contributed by atoms with Crippen molar-refractivity contribution in [2.24, 2.45) is 14.1 Å². The Hall–Kier alpha value is -7.21. The molecule has 2 aromatic carbocycles. The fourth-order valence-electron chi connectivity index (χ4n) is 6.84. The van der Waals surface area contributed by atoms with Gasteiger partial charge < -0.3 is 28.0 Å². The van der Waals surface area contributed by atoms with Crippen LogP contribution in [0.3, 0.4) is 0 Å². The third-order valence-corrected chi connectivity index (χ3v) is 10.7. The molecule has 0 saturated heterocycles. The van der Waals surface area contributed by atoms with Crippen molar-refractivity contribution in [1.82, 2.24) is 58.5 Å². The van der Waals surface area contributed by atoms with Crippen LogP contribution in [0.2, 0.25) is 0 Å². The monoisotopic (exact) mass is 888 g/mol. The first-order chi connectivity index (χ1) is 30.2. The Labute approximate surface area is 354 Å². The zero-order chi connectivity index (χ0) is 44.4. The first-order valence-corrected chi connectivity index (χ1v) is 21.1. The van der Waals surface area contributed by atoms with E-state index in [9.17, 15) is 26.8 Å². The lowest BCUT2D eigenvalue weighted by Crippen LogP contribution is -2.32. The molecule has 2 fully saturated rings. The lowest BCUT2D eigenvalue weighted by Gasteiger charge is -2.33. The summed E-state index contributed by atoms with van der Waals surface area (Å²) in [6.07, 6.45) is 9.01. The summed E-state index contributed by atoms with van der Waals surface area (Å²) >= 11 is 0. The molecule has 0 radical (unpaired) electrons. The summed E-state index contributed by atoms with van der Waals surface area (Å²) in [5.74, 6) is 1.51. The number of ether oxygens (including phenoxy) is 1. The molecule has 6 aromatic heterocycles. The Morgan fingerprint density at radius 1 is 0.714 bits per heavy atom. The van der Waals surface area contributed by atoms with E-state index in [1.807, 2.05) is 0 Å². The van der Waals surface area contributed by atoms with E-state index >= 15 is 0 Å². The molecule has 2 aliphatic rings. The van der Waals surface area contributed by atoms with Crippen molar-refractivity contribution < 1.29 is 40.3 Å². The smallest absolute Gasteiger partial charge is 0.280 e. The largest absolute Gasteiger partial charge is 0.508 e. The molecule has 0 aliphatic heterocycles. The number of aromatic nitrogens is 12. The van der Waals surface area contributed by atoms with Crippen molar-refractivity contribution >= 4 is 32.4 Å². The molecule has 2 aliphatic carbocycles. The summed E-state index contributed by atoms with van der Waals surface area (Å²) in [6.45, 7) is 0.228. The number of aryl methyl sites for hydroxylation is 2. The highest BCUT2D eigenvalue weighted by Crippen LogP contribution is 2.39. The van der Waals surface area contributed by atoms with Crippen LogP contribution in [-0.2, 0) is 41.5 Å². The fraction of sp³-hybridized carbons (Fsp3) is 0.333. The van der Waals surface area contributed by atoms with Crippen LogP contribution in [0.25, 0.3) is 22.3 Å². The summed E-state index contributed by atoms with van der Waals surface area (Å²) in [5, 5.41) is 16.5. The second kappa shape index (κ2) is 17.6. The maximum atomic E-state index is 13.2. The molecule has 10 rings (SSSR count). The normalized spacial score (nSPS) is 18.2. The van der Waals surface area contributed by atoms with Gasteiger partial charge in [-0.1, -0.05) is 22.4 Å². The molecular formula is C39H38F2N12O9S. The van der Waals surface area contributed by atoms with Gasteiger partial charge in [-0.3, -0.25) is 22.9 Å². The SMILES string of the molecule is Cn1cnc2ncn(Cc3nc(C4CC(OS(C)(=O)=O)C4)no3)c(=O)c21.Cn1cnc2ncn(Cc3nc(C4CC(Oc5cccc(F)c5)C4)no3)c(=O)c21.Oc1cccc(F)c1. The average molecular weight is 889 g/mol. The van der Waals surface area contributed by atoms with Gasteiger partial charge in [0.1, 0.15) is 55.0 Å². The van der Waals surface area contributed by atoms with Crippen LogP contribution < -0.4 is 15.9 Å². The van der Waals surface area contributed by atoms with Gasteiger partial charge in [-0.05, 0) is 49.9 Å². The number of hydrogen-bond donors (Lipinski definition) is 1. The molecule has 21 nitrogen and oxygen atoms in total.